The van der Waals surface area contributed by atoms with E-state index in [0.29, 0.717) is 12.2 Å². The first-order valence-corrected chi connectivity index (χ1v) is 10.3. The Morgan fingerprint density at radius 3 is 2.22 bits per heavy atom. The van der Waals surface area contributed by atoms with E-state index in [1.807, 2.05) is 26.8 Å². The van der Waals surface area contributed by atoms with Gasteiger partial charge in [0, 0.05) is 25.0 Å². The van der Waals surface area contributed by atoms with Crippen LogP contribution in [0.4, 0.5) is 5.69 Å². The highest BCUT2D eigenvalue weighted by Gasteiger charge is 2.26. The highest BCUT2D eigenvalue weighted by atomic mass is 32.2. The van der Waals surface area contributed by atoms with Gasteiger partial charge >= 0.3 is 0 Å². The van der Waals surface area contributed by atoms with Crippen molar-refractivity contribution in [1.82, 2.24) is 5.32 Å². The normalized spacial score (nSPS) is 11.9. The van der Waals surface area contributed by atoms with Crippen LogP contribution >= 0.6 is 0 Å². The Morgan fingerprint density at radius 1 is 1.07 bits per heavy atom. The van der Waals surface area contributed by atoms with Crippen molar-refractivity contribution in [2.75, 3.05) is 17.4 Å². The molecular formula is C20H27N3O3S. The van der Waals surface area contributed by atoms with Crippen molar-refractivity contribution in [3.63, 3.8) is 0 Å². The predicted octanol–water partition coefficient (Wildman–Crippen LogP) is 2.43. The fourth-order valence-electron chi connectivity index (χ4n) is 2.51. The summed E-state index contributed by atoms with van der Waals surface area (Å²) in [6.07, 6.45) is 0.0312. The molecule has 1 amide bonds. The average Bonchev–Trinajstić information content (AvgIpc) is 2.62. The van der Waals surface area contributed by atoms with Crippen LogP contribution in [0.3, 0.4) is 0 Å². The summed E-state index contributed by atoms with van der Waals surface area (Å²) in [6.45, 7) is 5.87. The summed E-state index contributed by atoms with van der Waals surface area (Å²) in [5, 5.41) is 2.83. The van der Waals surface area contributed by atoms with Gasteiger partial charge in [0.05, 0.1) is 10.6 Å². The molecule has 0 spiro atoms. The second-order valence-electron chi connectivity index (χ2n) is 7.11. The molecule has 0 heterocycles. The van der Waals surface area contributed by atoms with Crippen LogP contribution in [0.2, 0.25) is 0 Å². The molecule has 2 aromatic carbocycles. The van der Waals surface area contributed by atoms with Crippen molar-refractivity contribution >= 4 is 21.6 Å². The number of carbonyl (C=O) groups excluding carboxylic acids is 1. The van der Waals surface area contributed by atoms with E-state index in [4.69, 9.17) is 5.73 Å². The minimum atomic E-state index is -3.79. The number of sulfonamides is 1. The van der Waals surface area contributed by atoms with Gasteiger partial charge in [-0.05, 0) is 45.0 Å². The van der Waals surface area contributed by atoms with Gasteiger partial charge in [-0.25, -0.2) is 8.42 Å². The molecule has 2 rings (SSSR count). The molecule has 6 nitrogen and oxygen atoms in total. The first-order chi connectivity index (χ1) is 12.7. The fraction of sp³-hybridized carbons (Fsp3) is 0.350. The van der Waals surface area contributed by atoms with Crippen LogP contribution in [0.15, 0.2) is 59.5 Å². The van der Waals surface area contributed by atoms with Crippen LogP contribution < -0.4 is 15.4 Å². The van der Waals surface area contributed by atoms with Crippen molar-refractivity contribution in [3.05, 3.63) is 60.2 Å². The van der Waals surface area contributed by atoms with Gasteiger partial charge in [-0.2, -0.15) is 0 Å². The number of anilines is 1. The summed E-state index contributed by atoms with van der Waals surface area (Å²) in [4.78, 5) is 12.5. The van der Waals surface area contributed by atoms with Gasteiger partial charge in [0.25, 0.3) is 10.0 Å². The molecule has 0 aliphatic rings. The number of para-hydroxylation sites is 1. The Labute approximate surface area is 161 Å². The molecule has 7 heteroatoms. The lowest BCUT2D eigenvalue weighted by Gasteiger charge is -2.27. The number of aryl methyl sites for hydroxylation is 1. The largest absolute Gasteiger partial charge is 0.350 e. The summed E-state index contributed by atoms with van der Waals surface area (Å²) in [6, 6.07) is 15.5. The molecular weight excluding hydrogens is 362 g/mol. The molecule has 2 aromatic rings. The molecule has 0 saturated carbocycles. The van der Waals surface area contributed by atoms with Gasteiger partial charge < -0.3 is 11.1 Å². The summed E-state index contributed by atoms with van der Waals surface area (Å²) < 4.78 is 27.6. The number of nitrogens with two attached hydrogens (primary N) is 1. The van der Waals surface area contributed by atoms with E-state index >= 15 is 0 Å². The van der Waals surface area contributed by atoms with Gasteiger partial charge in [-0.3, -0.25) is 9.10 Å². The topological polar surface area (TPSA) is 92.5 Å². The number of hydrogen-bond acceptors (Lipinski definition) is 4. The molecule has 0 radical (unpaired) electrons. The van der Waals surface area contributed by atoms with E-state index in [9.17, 15) is 13.2 Å². The van der Waals surface area contributed by atoms with Gasteiger partial charge in [-0.1, -0.05) is 35.9 Å². The minimum absolute atomic E-state index is 0.0312. The van der Waals surface area contributed by atoms with Crippen molar-refractivity contribution in [2.45, 2.75) is 37.6 Å². The molecule has 0 unspecified atom stereocenters. The molecule has 0 aromatic heterocycles. The number of nitrogens with one attached hydrogen (secondary N) is 1. The lowest BCUT2D eigenvalue weighted by atomic mass is 10.1. The van der Waals surface area contributed by atoms with Crippen molar-refractivity contribution in [3.8, 4) is 0 Å². The minimum Gasteiger partial charge on any atom is -0.350 e. The summed E-state index contributed by atoms with van der Waals surface area (Å²) in [5.74, 6) is -0.245. The van der Waals surface area contributed by atoms with Gasteiger partial charge in [-0.15, -0.1) is 0 Å². The molecule has 146 valence electrons. The van der Waals surface area contributed by atoms with E-state index < -0.39 is 15.6 Å². The molecule has 0 bridgehead atoms. The third kappa shape index (κ3) is 5.55. The quantitative estimate of drug-likeness (QED) is 0.725. The Morgan fingerprint density at radius 2 is 1.67 bits per heavy atom. The Kier molecular flexibility index (Phi) is 6.62. The van der Waals surface area contributed by atoms with E-state index in [0.717, 1.165) is 5.56 Å². The first kappa shape index (κ1) is 20.9. The van der Waals surface area contributed by atoms with Crippen molar-refractivity contribution in [1.29, 1.82) is 0 Å². The Hall–Kier alpha value is -2.38. The predicted molar refractivity (Wildman–Crippen MR) is 108 cm³/mol. The van der Waals surface area contributed by atoms with Crippen molar-refractivity contribution < 1.29 is 13.2 Å². The monoisotopic (exact) mass is 389 g/mol. The number of hydrogen-bond donors (Lipinski definition) is 2. The zero-order valence-corrected chi connectivity index (χ0v) is 16.8. The highest BCUT2D eigenvalue weighted by molar-refractivity contribution is 7.92. The molecule has 0 aliphatic carbocycles. The maximum atomic E-state index is 13.2. The molecule has 0 saturated heterocycles. The lowest BCUT2D eigenvalue weighted by molar-refractivity contribution is -0.122. The highest BCUT2D eigenvalue weighted by Crippen LogP contribution is 2.24. The summed E-state index contributed by atoms with van der Waals surface area (Å²) >= 11 is 0. The van der Waals surface area contributed by atoms with E-state index in [1.54, 1.807) is 48.5 Å². The van der Waals surface area contributed by atoms with Crippen LogP contribution in [0.5, 0.6) is 0 Å². The number of carbonyl (C=O) groups is 1. The number of benzene rings is 2. The summed E-state index contributed by atoms with van der Waals surface area (Å²) in [5.41, 5.74) is 6.59. The third-order valence-corrected chi connectivity index (χ3v) is 6.02. The maximum Gasteiger partial charge on any atom is 0.264 e. The lowest BCUT2D eigenvalue weighted by Crippen LogP contribution is -2.49. The maximum absolute atomic E-state index is 13.2. The SMILES string of the molecule is Cc1ccc(S(=O)(=O)N(CCC(=O)NC(C)(C)CN)c2ccccc2)cc1. The number of amides is 1. The standard InChI is InChI=1S/C20H27N3O3S/c1-16-9-11-18(12-10-16)27(25,26)23(17-7-5-4-6-8-17)14-13-19(24)22-20(2,3)15-21/h4-12H,13-15,21H2,1-3H3,(H,22,24). The van der Waals surface area contributed by atoms with Gasteiger partial charge in [0.1, 0.15) is 0 Å². The molecule has 0 fully saturated rings. The van der Waals surface area contributed by atoms with Crippen LogP contribution in [0, 0.1) is 6.92 Å². The van der Waals surface area contributed by atoms with Crippen molar-refractivity contribution in [2.24, 2.45) is 5.73 Å². The average molecular weight is 390 g/mol. The van der Waals surface area contributed by atoms with E-state index in [-0.39, 0.29) is 23.8 Å². The van der Waals surface area contributed by atoms with Crippen LogP contribution in [-0.2, 0) is 14.8 Å². The Balaban J connectivity index is 2.27. The molecule has 3 N–H and O–H groups in total. The van der Waals surface area contributed by atoms with Crippen LogP contribution in [0.1, 0.15) is 25.8 Å². The van der Waals surface area contributed by atoms with E-state index in [2.05, 4.69) is 5.32 Å². The molecule has 0 aliphatic heterocycles. The molecule has 0 atom stereocenters. The number of nitrogens with zero attached hydrogens (tertiary/aromatic N) is 1. The fourth-order valence-corrected chi connectivity index (χ4v) is 3.98. The zero-order valence-electron chi connectivity index (χ0n) is 16.0. The van der Waals surface area contributed by atoms with Gasteiger partial charge in [0.15, 0.2) is 0 Å². The van der Waals surface area contributed by atoms with E-state index in [1.165, 1.54) is 4.31 Å². The second kappa shape index (κ2) is 8.54. The van der Waals surface area contributed by atoms with Gasteiger partial charge in [0.2, 0.25) is 5.91 Å². The van der Waals surface area contributed by atoms with Crippen LogP contribution in [0.25, 0.3) is 0 Å². The third-order valence-electron chi connectivity index (χ3n) is 4.18. The smallest absolute Gasteiger partial charge is 0.264 e. The Bertz CT molecular complexity index is 863. The number of rotatable bonds is 8. The summed E-state index contributed by atoms with van der Waals surface area (Å²) in [7, 11) is -3.79. The second-order valence-corrected chi connectivity index (χ2v) is 8.97. The zero-order chi connectivity index (χ0) is 20.1. The first-order valence-electron chi connectivity index (χ1n) is 8.81. The molecule has 27 heavy (non-hydrogen) atoms. The van der Waals surface area contributed by atoms with Crippen LogP contribution in [-0.4, -0.2) is 33.0 Å².